The molecule has 0 radical (unpaired) electrons. The largest absolute Gasteiger partial charge is 0.491 e. The van der Waals surface area contributed by atoms with Crippen LogP contribution in [0.25, 0.3) is 0 Å². The molecule has 0 saturated heterocycles. The van der Waals surface area contributed by atoms with Gasteiger partial charge in [0.1, 0.15) is 5.75 Å². The number of para-hydroxylation sites is 1. The molecule has 0 spiro atoms. The van der Waals surface area contributed by atoms with E-state index in [0.29, 0.717) is 6.54 Å². The van der Waals surface area contributed by atoms with Gasteiger partial charge in [-0.2, -0.15) is 0 Å². The number of ether oxygens (including phenoxy) is 1. The van der Waals surface area contributed by atoms with Gasteiger partial charge in [0.05, 0.1) is 12.6 Å². The van der Waals surface area contributed by atoms with Crippen LogP contribution in [-0.2, 0) is 11.2 Å². The zero-order valence-electron chi connectivity index (χ0n) is 14.3. The van der Waals surface area contributed by atoms with Gasteiger partial charge in [0, 0.05) is 24.0 Å². The van der Waals surface area contributed by atoms with Crippen molar-refractivity contribution >= 4 is 17.3 Å². The van der Waals surface area contributed by atoms with Crippen molar-refractivity contribution in [3.63, 3.8) is 0 Å². The van der Waals surface area contributed by atoms with Gasteiger partial charge in [0.25, 0.3) is 0 Å². The Bertz CT molecular complexity index is 712. The van der Waals surface area contributed by atoms with Gasteiger partial charge in [0.15, 0.2) is 0 Å². The van der Waals surface area contributed by atoms with Crippen LogP contribution in [0.15, 0.2) is 48.5 Å². The summed E-state index contributed by atoms with van der Waals surface area (Å²) >= 11 is 0. The normalized spacial score (nSPS) is 13.5. The highest BCUT2D eigenvalue weighted by Crippen LogP contribution is 2.26. The molecule has 24 heavy (non-hydrogen) atoms. The van der Waals surface area contributed by atoms with E-state index in [1.54, 1.807) is 0 Å². The van der Waals surface area contributed by atoms with E-state index in [0.717, 1.165) is 30.8 Å². The Kier molecular flexibility index (Phi) is 5.04. The van der Waals surface area contributed by atoms with E-state index in [1.165, 1.54) is 11.3 Å². The van der Waals surface area contributed by atoms with Gasteiger partial charge in [-0.1, -0.05) is 24.3 Å². The van der Waals surface area contributed by atoms with Crippen molar-refractivity contribution < 1.29 is 9.53 Å². The lowest BCUT2D eigenvalue weighted by molar-refractivity contribution is -0.115. The number of rotatable bonds is 5. The van der Waals surface area contributed by atoms with Gasteiger partial charge >= 0.3 is 0 Å². The molecule has 0 atom stereocenters. The molecule has 0 aromatic heterocycles. The number of aryl methyl sites for hydroxylation is 1. The Morgan fingerprint density at radius 1 is 1.21 bits per heavy atom. The first-order valence-electron chi connectivity index (χ1n) is 8.51. The van der Waals surface area contributed by atoms with Gasteiger partial charge in [-0.15, -0.1) is 0 Å². The fourth-order valence-electron chi connectivity index (χ4n) is 3.07. The van der Waals surface area contributed by atoms with Crippen LogP contribution in [0, 0.1) is 0 Å². The molecule has 3 rings (SSSR count). The minimum absolute atomic E-state index is 0.00611. The molecule has 2 aromatic rings. The molecule has 0 fully saturated rings. The topological polar surface area (TPSA) is 41.6 Å². The second kappa shape index (κ2) is 7.39. The minimum atomic E-state index is -0.00611. The van der Waals surface area contributed by atoms with Crippen LogP contribution in [0.3, 0.4) is 0 Å². The molecule has 0 saturated carbocycles. The summed E-state index contributed by atoms with van der Waals surface area (Å²) < 4.78 is 5.67. The smallest absolute Gasteiger partial charge is 0.243 e. The molecule has 1 heterocycles. The van der Waals surface area contributed by atoms with E-state index in [4.69, 9.17) is 4.74 Å². The van der Waals surface area contributed by atoms with Crippen LogP contribution in [0.2, 0.25) is 0 Å². The highest BCUT2D eigenvalue weighted by atomic mass is 16.5. The Morgan fingerprint density at radius 2 is 2.04 bits per heavy atom. The second-order valence-corrected chi connectivity index (χ2v) is 6.40. The summed E-state index contributed by atoms with van der Waals surface area (Å²) in [4.78, 5) is 14.6. The number of hydrogen-bond acceptors (Lipinski definition) is 3. The van der Waals surface area contributed by atoms with Crippen LogP contribution < -0.4 is 15.0 Å². The summed E-state index contributed by atoms with van der Waals surface area (Å²) in [6.07, 6.45) is 2.28. The number of carbonyl (C=O) groups excluding carboxylic acids is 1. The van der Waals surface area contributed by atoms with E-state index in [1.807, 2.05) is 44.2 Å². The first-order valence-corrected chi connectivity index (χ1v) is 8.51. The van der Waals surface area contributed by atoms with Gasteiger partial charge < -0.3 is 15.0 Å². The SMILES string of the molecule is CC(C)Oc1cccc(NC(=O)CN2CCCc3ccccc32)c1. The quantitative estimate of drug-likeness (QED) is 0.908. The van der Waals surface area contributed by atoms with Crippen molar-refractivity contribution in [1.29, 1.82) is 0 Å². The predicted molar refractivity (Wildman–Crippen MR) is 97.8 cm³/mol. The Labute approximate surface area is 143 Å². The third-order valence-corrected chi connectivity index (χ3v) is 4.03. The molecule has 4 nitrogen and oxygen atoms in total. The summed E-state index contributed by atoms with van der Waals surface area (Å²) in [6.45, 7) is 5.26. The molecule has 1 aliphatic heterocycles. The molecular formula is C20H24N2O2. The van der Waals surface area contributed by atoms with Crippen molar-refractivity contribution in [1.82, 2.24) is 0 Å². The van der Waals surface area contributed by atoms with E-state index in [-0.39, 0.29) is 12.0 Å². The van der Waals surface area contributed by atoms with Crippen LogP contribution >= 0.6 is 0 Å². The van der Waals surface area contributed by atoms with Crippen LogP contribution in [-0.4, -0.2) is 25.1 Å². The lowest BCUT2D eigenvalue weighted by atomic mass is 10.0. The summed E-state index contributed by atoms with van der Waals surface area (Å²) in [6, 6.07) is 15.9. The number of carbonyl (C=O) groups is 1. The maximum atomic E-state index is 12.4. The van der Waals surface area contributed by atoms with Gasteiger partial charge in [-0.05, 0) is 50.5 Å². The molecular weight excluding hydrogens is 300 g/mol. The van der Waals surface area contributed by atoms with Crippen molar-refractivity contribution in [2.75, 3.05) is 23.3 Å². The number of fused-ring (bicyclic) bond motifs is 1. The number of nitrogens with one attached hydrogen (secondary N) is 1. The molecule has 0 bridgehead atoms. The lowest BCUT2D eigenvalue weighted by Crippen LogP contribution is -2.36. The van der Waals surface area contributed by atoms with E-state index in [2.05, 4.69) is 28.4 Å². The Morgan fingerprint density at radius 3 is 2.88 bits per heavy atom. The van der Waals surface area contributed by atoms with Crippen molar-refractivity contribution in [3.05, 3.63) is 54.1 Å². The molecule has 4 heteroatoms. The summed E-state index contributed by atoms with van der Waals surface area (Å²) in [5, 5.41) is 2.97. The van der Waals surface area contributed by atoms with Gasteiger partial charge in [-0.25, -0.2) is 0 Å². The average Bonchev–Trinajstić information content (AvgIpc) is 2.55. The number of hydrogen-bond donors (Lipinski definition) is 1. The lowest BCUT2D eigenvalue weighted by Gasteiger charge is -2.30. The second-order valence-electron chi connectivity index (χ2n) is 6.40. The molecule has 0 aliphatic carbocycles. The number of anilines is 2. The van der Waals surface area contributed by atoms with Gasteiger partial charge in [-0.3, -0.25) is 4.79 Å². The van der Waals surface area contributed by atoms with Crippen LogP contribution in [0.4, 0.5) is 11.4 Å². The van der Waals surface area contributed by atoms with Crippen LogP contribution in [0.1, 0.15) is 25.8 Å². The molecule has 1 N–H and O–H groups in total. The highest BCUT2D eigenvalue weighted by molar-refractivity contribution is 5.94. The maximum Gasteiger partial charge on any atom is 0.243 e. The van der Waals surface area contributed by atoms with Crippen molar-refractivity contribution in [3.8, 4) is 5.75 Å². The van der Waals surface area contributed by atoms with E-state index < -0.39 is 0 Å². The van der Waals surface area contributed by atoms with Crippen molar-refractivity contribution in [2.24, 2.45) is 0 Å². The standard InChI is InChI=1S/C20H24N2O2/c1-15(2)24-18-10-5-9-17(13-18)21-20(23)14-22-12-6-8-16-7-3-4-11-19(16)22/h3-5,7,9-11,13,15H,6,8,12,14H2,1-2H3,(H,21,23). The Hall–Kier alpha value is -2.49. The van der Waals surface area contributed by atoms with E-state index in [9.17, 15) is 4.79 Å². The first kappa shape index (κ1) is 16.4. The highest BCUT2D eigenvalue weighted by Gasteiger charge is 2.18. The molecule has 1 amide bonds. The summed E-state index contributed by atoms with van der Waals surface area (Å²) in [7, 11) is 0. The maximum absolute atomic E-state index is 12.4. The molecule has 0 unspecified atom stereocenters. The number of nitrogens with zero attached hydrogens (tertiary/aromatic N) is 1. The predicted octanol–water partition coefficient (Wildman–Crippen LogP) is 3.87. The van der Waals surface area contributed by atoms with Gasteiger partial charge in [0.2, 0.25) is 5.91 Å². The van der Waals surface area contributed by atoms with Crippen molar-refractivity contribution in [2.45, 2.75) is 32.8 Å². The summed E-state index contributed by atoms with van der Waals surface area (Å²) in [5.41, 5.74) is 3.27. The minimum Gasteiger partial charge on any atom is -0.491 e. The average molecular weight is 324 g/mol. The zero-order valence-corrected chi connectivity index (χ0v) is 14.3. The number of benzene rings is 2. The molecule has 2 aromatic carbocycles. The monoisotopic (exact) mass is 324 g/mol. The van der Waals surface area contributed by atoms with E-state index >= 15 is 0 Å². The Balaban J connectivity index is 1.64. The number of amides is 1. The molecule has 1 aliphatic rings. The first-order chi connectivity index (χ1) is 11.6. The fourth-order valence-corrected chi connectivity index (χ4v) is 3.07. The third kappa shape index (κ3) is 4.07. The molecule has 126 valence electrons. The zero-order chi connectivity index (χ0) is 16.9. The third-order valence-electron chi connectivity index (χ3n) is 4.03. The fraction of sp³-hybridized carbons (Fsp3) is 0.350. The summed E-state index contributed by atoms with van der Waals surface area (Å²) in [5.74, 6) is 0.763. The van der Waals surface area contributed by atoms with Crippen LogP contribution in [0.5, 0.6) is 5.75 Å².